The maximum absolute atomic E-state index is 12.7. The van der Waals surface area contributed by atoms with Crippen LogP contribution in [0, 0.1) is 0 Å². The Morgan fingerprint density at radius 1 is 1.23 bits per heavy atom. The molecule has 0 radical (unpaired) electrons. The highest BCUT2D eigenvalue weighted by Crippen LogP contribution is 2.31. The van der Waals surface area contributed by atoms with Crippen molar-refractivity contribution in [3.63, 3.8) is 0 Å². The summed E-state index contributed by atoms with van der Waals surface area (Å²) in [5.41, 5.74) is 0. The summed E-state index contributed by atoms with van der Waals surface area (Å²) in [6.45, 7) is 1.49. The van der Waals surface area contributed by atoms with E-state index < -0.39 is 25.1 Å². The predicted molar refractivity (Wildman–Crippen MR) is 85.0 cm³/mol. The lowest BCUT2D eigenvalue weighted by molar-refractivity contribution is 0.487. The van der Waals surface area contributed by atoms with Crippen molar-refractivity contribution in [3.8, 4) is 0 Å². The summed E-state index contributed by atoms with van der Waals surface area (Å²) in [6, 6.07) is 6.24. The van der Waals surface area contributed by atoms with Gasteiger partial charge >= 0.3 is 0 Å². The molecule has 0 saturated heterocycles. The summed E-state index contributed by atoms with van der Waals surface area (Å²) < 4.78 is 56.7. The molecule has 0 aliphatic rings. The van der Waals surface area contributed by atoms with Crippen molar-refractivity contribution in [2.24, 2.45) is 0 Å². The molecule has 0 aliphatic heterocycles. The molecule has 1 N–H and O–H groups in total. The Bertz CT molecular complexity index is 777. The number of thiophene rings is 1. The maximum Gasteiger partial charge on any atom is 0.211 e. The SMILES string of the molecule is CCCS(=O)(=O)NCC(c1ccco1)S(=O)(=O)c1cccs1. The highest BCUT2D eigenvalue weighted by Gasteiger charge is 2.33. The van der Waals surface area contributed by atoms with Gasteiger partial charge in [0.2, 0.25) is 10.0 Å². The zero-order valence-electron chi connectivity index (χ0n) is 11.9. The minimum Gasteiger partial charge on any atom is -0.468 e. The second-order valence-corrected chi connectivity index (χ2v) is 9.88. The molecule has 2 heterocycles. The molecule has 0 fully saturated rings. The zero-order chi connectivity index (χ0) is 16.2. The van der Waals surface area contributed by atoms with Gasteiger partial charge in [0.05, 0.1) is 12.0 Å². The van der Waals surface area contributed by atoms with Gasteiger partial charge in [0.25, 0.3) is 0 Å². The number of hydrogen-bond acceptors (Lipinski definition) is 6. The summed E-state index contributed by atoms with van der Waals surface area (Å²) in [7, 11) is -7.22. The third-order valence-electron chi connectivity index (χ3n) is 2.97. The van der Waals surface area contributed by atoms with Gasteiger partial charge in [0.15, 0.2) is 9.84 Å². The predicted octanol–water partition coefficient (Wildman–Crippen LogP) is 2.19. The van der Waals surface area contributed by atoms with Crippen LogP contribution in [0.25, 0.3) is 0 Å². The fourth-order valence-corrected chi connectivity index (χ4v) is 5.95. The Kier molecular flexibility index (Phi) is 5.43. The molecular formula is C13H17NO5S3. The van der Waals surface area contributed by atoms with Gasteiger partial charge in [-0.1, -0.05) is 13.0 Å². The molecule has 22 heavy (non-hydrogen) atoms. The zero-order valence-corrected chi connectivity index (χ0v) is 14.4. The molecule has 0 aliphatic carbocycles. The van der Waals surface area contributed by atoms with Crippen molar-refractivity contribution in [2.45, 2.75) is 22.8 Å². The van der Waals surface area contributed by atoms with Gasteiger partial charge in [-0.3, -0.25) is 0 Å². The van der Waals surface area contributed by atoms with Crippen LogP contribution >= 0.6 is 11.3 Å². The average molecular weight is 363 g/mol. The number of furan rings is 1. The molecule has 0 aromatic carbocycles. The van der Waals surface area contributed by atoms with Gasteiger partial charge in [-0.15, -0.1) is 11.3 Å². The molecule has 2 aromatic rings. The fraction of sp³-hybridized carbons (Fsp3) is 0.385. The first-order valence-corrected chi connectivity index (χ1v) is 10.7. The fourth-order valence-electron chi connectivity index (χ4n) is 1.95. The van der Waals surface area contributed by atoms with Crippen molar-refractivity contribution >= 4 is 31.2 Å². The molecule has 0 saturated carbocycles. The number of sulfone groups is 1. The van der Waals surface area contributed by atoms with Crippen LogP contribution < -0.4 is 4.72 Å². The molecule has 1 atom stereocenters. The maximum atomic E-state index is 12.7. The number of rotatable bonds is 8. The van der Waals surface area contributed by atoms with Crippen molar-refractivity contribution in [2.75, 3.05) is 12.3 Å². The van der Waals surface area contributed by atoms with E-state index in [-0.39, 0.29) is 22.3 Å². The number of hydrogen-bond donors (Lipinski definition) is 1. The summed E-state index contributed by atoms with van der Waals surface area (Å²) in [4.78, 5) is 0. The second-order valence-electron chi connectivity index (χ2n) is 4.65. The van der Waals surface area contributed by atoms with Gasteiger partial charge in [-0.25, -0.2) is 21.6 Å². The smallest absolute Gasteiger partial charge is 0.211 e. The van der Waals surface area contributed by atoms with E-state index >= 15 is 0 Å². The van der Waals surface area contributed by atoms with E-state index in [1.807, 2.05) is 0 Å². The summed E-state index contributed by atoms with van der Waals surface area (Å²) in [6.07, 6.45) is 1.82. The highest BCUT2D eigenvalue weighted by atomic mass is 32.2. The molecule has 122 valence electrons. The Morgan fingerprint density at radius 3 is 2.55 bits per heavy atom. The molecule has 0 amide bonds. The summed E-state index contributed by atoms with van der Waals surface area (Å²) in [5, 5.41) is 0.570. The Hall–Kier alpha value is -1.16. The van der Waals surface area contributed by atoms with Crippen LogP contribution in [0.4, 0.5) is 0 Å². The van der Waals surface area contributed by atoms with Crippen LogP contribution in [0.15, 0.2) is 44.5 Å². The van der Waals surface area contributed by atoms with Gasteiger partial charge in [-0.05, 0) is 30.0 Å². The lowest BCUT2D eigenvalue weighted by Gasteiger charge is -2.15. The van der Waals surface area contributed by atoms with E-state index in [0.29, 0.717) is 6.42 Å². The van der Waals surface area contributed by atoms with Crippen molar-refractivity contribution < 1.29 is 21.3 Å². The largest absolute Gasteiger partial charge is 0.468 e. The lowest BCUT2D eigenvalue weighted by atomic mass is 10.3. The topological polar surface area (TPSA) is 93.4 Å². The minimum absolute atomic E-state index is 0.0447. The first-order chi connectivity index (χ1) is 10.4. The van der Waals surface area contributed by atoms with Crippen molar-refractivity contribution in [1.29, 1.82) is 0 Å². The highest BCUT2D eigenvalue weighted by molar-refractivity contribution is 7.93. The van der Waals surface area contributed by atoms with E-state index in [1.54, 1.807) is 24.4 Å². The second kappa shape index (κ2) is 6.95. The van der Waals surface area contributed by atoms with Crippen LogP contribution in [0.3, 0.4) is 0 Å². The van der Waals surface area contributed by atoms with Crippen molar-refractivity contribution in [3.05, 3.63) is 41.7 Å². The van der Waals surface area contributed by atoms with Crippen LogP contribution in [0.2, 0.25) is 0 Å². The quantitative estimate of drug-likeness (QED) is 0.776. The molecule has 0 spiro atoms. The first kappa shape index (κ1) is 17.2. The Balaban J connectivity index is 2.30. The third kappa shape index (κ3) is 3.97. The molecule has 2 aromatic heterocycles. The number of nitrogens with one attached hydrogen (secondary N) is 1. The van der Waals surface area contributed by atoms with Crippen LogP contribution in [-0.2, 0) is 19.9 Å². The van der Waals surface area contributed by atoms with Gasteiger partial charge in [-0.2, -0.15) is 0 Å². The van der Waals surface area contributed by atoms with Crippen LogP contribution in [-0.4, -0.2) is 29.1 Å². The minimum atomic E-state index is -3.72. The number of sulfonamides is 1. The Labute approximate surface area is 134 Å². The van der Waals surface area contributed by atoms with Gasteiger partial charge < -0.3 is 4.42 Å². The lowest BCUT2D eigenvalue weighted by Crippen LogP contribution is -2.33. The average Bonchev–Trinajstić information content (AvgIpc) is 3.12. The van der Waals surface area contributed by atoms with E-state index in [0.717, 1.165) is 11.3 Å². The van der Waals surface area contributed by atoms with Crippen LogP contribution in [0.1, 0.15) is 24.4 Å². The molecule has 6 nitrogen and oxygen atoms in total. The molecule has 9 heteroatoms. The van der Waals surface area contributed by atoms with E-state index in [2.05, 4.69) is 4.72 Å². The van der Waals surface area contributed by atoms with Gasteiger partial charge in [0.1, 0.15) is 15.2 Å². The standard InChI is InChI=1S/C13H17NO5S3/c1-2-9-21(15,16)14-10-12(11-5-3-7-19-11)22(17,18)13-6-4-8-20-13/h3-8,12,14H,2,9-10H2,1H3. The van der Waals surface area contributed by atoms with E-state index in [4.69, 9.17) is 4.42 Å². The molecular weight excluding hydrogens is 346 g/mol. The first-order valence-electron chi connectivity index (χ1n) is 6.65. The molecule has 2 rings (SSSR count). The third-order valence-corrected chi connectivity index (χ3v) is 8.02. The normalized spacial score (nSPS) is 14.0. The monoisotopic (exact) mass is 363 g/mol. The molecule has 1 unspecified atom stereocenters. The van der Waals surface area contributed by atoms with E-state index in [1.165, 1.54) is 18.4 Å². The Morgan fingerprint density at radius 2 is 2.00 bits per heavy atom. The summed E-state index contributed by atoms with van der Waals surface area (Å²) >= 11 is 1.09. The van der Waals surface area contributed by atoms with E-state index in [9.17, 15) is 16.8 Å². The molecule has 0 bridgehead atoms. The van der Waals surface area contributed by atoms with Crippen molar-refractivity contribution in [1.82, 2.24) is 4.72 Å². The van der Waals surface area contributed by atoms with Crippen LogP contribution in [0.5, 0.6) is 0 Å². The summed E-state index contributed by atoms with van der Waals surface area (Å²) in [5.74, 6) is 0.171. The van der Waals surface area contributed by atoms with Gasteiger partial charge in [0, 0.05) is 6.54 Å².